The van der Waals surface area contributed by atoms with E-state index in [0.29, 0.717) is 39.6 Å². The highest BCUT2D eigenvalue weighted by atomic mass is 32.2. The summed E-state index contributed by atoms with van der Waals surface area (Å²) in [6.07, 6.45) is 10.6. The van der Waals surface area contributed by atoms with Crippen molar-refractivity contribution in [3.63, 3.8) is 0 Å². The van der Waals surface area contributed by atoms with Crippen LogP contribution in [0.2, 0.25) is 0 Å². The van der Waals surface area contributed by atoms with E-state index in [9.17, 15) is 0 Å². The molecule has 2 aliphatic carbocycles. The Labute approximate surface area is 251 Å². The highest BCUT2D eigenvalue weighted by Gasteiger charge is 2.17. The lowest BCUT2D eigenvalue weighted by molar-refractivity contribution is -0.0701. The molecule has 0 spiro atoms. The molecule has 0 amide bonds. The summed E-state index contributed by atoms with van der Waals surface area (Å²) >= 11 is 6.24. The third-order valence-electron chi connectivity index (χ3n) is 5.73. The molecule has 0 aromatic rings. The van der Waals surface area contributed by atoms with Crippen molar-refractivity contribution in [1.82, 2.24) is 0 Å². The van der Waals surface area contributed by atoms with E-state index >= 15 is 0 Å². The van der Waals surface area contributed by atoms with Gasteiger partial charge in [-0.3, -0.25) is 0 Å². The predicted octanol–water partition coefficient (Wildman–Crippen LogP) is 2.11. The molecule has 2 rings (SSSR count). The molecule has 40 heavy (non-hydrogen) atoms. The second-order valence-corrected chi connectivity index (χ2v) is 11.4. The van der Waals surface area contributed by atoms with Gasteiger partial charge in [0, 0.05) is 17.1 Å². The molecule has 240 valence electrons. The minimum atomic E-state index is -0.219. The van der Waals surface area contributed by atoms with E-state index in [-0.39, 0.29) is 58.5 Å². The zero-order valence-electron chi connectivity index (χ0n) is 24.2. The molecular formula is C28H56O10S2. The SMILES string of the molecule is C=CCOCC(COCCO)OCCO.OCCOCC(COCCCSC1CCC1)OCCO.SC1CCC1. The van der Waals surface area contributed by atoms with Crippen molar-refractivity contribution < 1.29 is 48.8 Å². The van der Waals surface area contributed by atoms with Gasteiger partial charge in [0.15, 0.2) is 0 Å². The lowest BCUT2D eigenvalue weighted by Gasteiger charge is -2.24. The molecule has 2 unspecified atom stereocenters. The number of thiol groups is 1. The van der Waals surface area contributed by atoms with Crippen LogP contribution in [0.15, 0.2) is 12.7 Å². The zero-order chi connectivity index (χ0) is 29.5. The average molecular weight is 617 g/mol. The van der Waals surface area contributed by atoms with Gasteiger partial charge in [-0.1, -0.05) is 18.9 Å². The van der Waals surface area contributed by atoms with Crippen molar-refractivity contribution in [2.24, 2.45) is 0 Å². The van der Waals surface area contributed by atoms with Gasteiger partial charge in [-0.2, -0.15) is 24.4 Å². The van der Waals surface area contributed by atoms with Crippen molar-refractivity contribution >= 4 is 24.4 Å². The first-order chi connectivity index (χ1) is 19.6. The maximum absolute atomic E-state index is 8.76. The van der Waals surface area contributed by atoms with Gasteiger partial charge in [0.1, 0.15) is 12.2 Å². The van der Waals surface area contributed by atoms with E-state index in [0.717, 1.165) is 29.3 Å². The first kappa shape index (κ1) is 40.0. The van der Waals surface area contributed by atoms with Crippen molar-refractivity contribution in [1.29, 1.82) is 0 Å². The molecule has 0 heterocycles. The Morgan fingerprint density at radius 2 is 1.15 bits per heavy atom. The van der Waals surface area contributed by atoms with Gasteiger partial charge in [-0.25, -0.2) is 0 Å². The van der Waals surface area contributed by atoms with E-state index in [4.69, 9.17) is 48.8 Å². The fraction of sp³-hybridized carbons (Fsp3) is 0.929. The third-order valence-corrected chi connectivity index (χ3v) is 7.71. The van der Waals surface area contributed by atoms with Crippen LogP contribution in [-0.2, 0) is 28.4 Å². The molecule has 2 atom stereocenters. The van der Waals surface area contributed by atoms with Crippen LogP contribution in [0, 0.1) is 0 Å². The highest BCUT2D eigenvalue weighted by Crippen LogP contribution is 2.31. The molecule has 4 N–H and O–H groups in total. The lowest BCUT2D eigenvalue weighted by Crippen LogP contribution is -2.28. The second kappa shape index (κ2) is 32.0. The molecule has 2 aliphatic rings. The molecule has 0 radical (unpaired) electrons. The van der Waals surface area contributed by atoms with E-state index < -0.39 is 0 Å². The normalized spacial score (nSPS) is 16.5. The number of aliphatic hydroxyl groups is 4. The van der Waals surface area contributed by atoms with Crippen molar-refractivity contribution in [3.05, 3.63) is 12.7 Å². The number of thioether (sulfide) groups is 1. The number of hydrogen-bond acceptors (Lipinski definition) is 12. The number of hydrogen-bond donors (Lipinski definition) is 5. The topological polar surface area (TPSA) is 136 Å². The van der Waals surface area contributed by atoms with Gasteiger partial charge in [0.25, 0.3) is 0 Å². The molecule has 0 aromatic heterocycles. The largest absolute Gasteiger partial charge is 0.394 e. The first-order valence-corrected chi connectivity index (χ1v) is 16.1. The summed E-state index contributed by atoms with van der Waals surface area (Å²) in [7, 11) is 0. The second-order valence-electron chi connectivity index (χ2n) is 9.29. The van der Waals surface area contributed by atoms with Crippen LogP contribution in [-0.4, -0.2) is 141 Å². The lowest BCUT2D eigenvalue weighted by atomic mass is 10.0. The Hall–Kier alpha value is 0.0400. The Bertz CT molecular complexity index is 513. The molecule has 0 aromatic carbocycles. The van der Waals surface area contributed by atoms with Crippen molar-refractivity contribution in [2.75, 3.05) is 98.2 Å². The van der Waals surface area contributed by atoms with E-state index in [1.807, 2.05) is 0 Å². The summed E-state index contributed by atoms with van der Waals surface area (Å²) in [5.41, 5.74) is 0. The van der Waals surface area contributed by atoms with E-state index in [1.54, 1.807) is 6.08 Å². The maximum Gasteiger partial charge on any atom is 0.104 e. The van der Waals surface area contributed by atoms with Crippen LogP contribution in [0.4, 0.5) is 0 Å². The van der Waals surface area contributed by atoms with Gasteiger partial charge in [-0.15, -0.1) is 6.58 Å². The molecule has 0 saturated heterocycles. The standard InChI is InChI=1S/C14H28O5S.C10H20O5.C4H8S/c15-5-8-18-12-13(19-9-6-16)11-17-7-2-10-20-14-3-1-4-14;1-2-5-13-8-10(15-7-4-12)9-14-6-3-11;5-4-2-1-3-4/h13-16H,1-12H2;2,10-12H,1,3-9H2;4-5H,1-3H2. The monoisotopic (exact) mass is 616 g/mol. The Kier molecular flexibility index (Phi) is 32.0. The van der Waals surface area contributed by atoms with E-state index in [2.05, 4.69) is 31.0 Å². The van der Waals surface area contributed by atoms with E-state index in [1.165, 1.54) is 38.5 Å². The van der Waals surface area contributed by atoms with Gasteiger partial charge in [0.2, 0.25) is 0 Å². The minimum absolute atomic E-state index is 0.00543. The predicted molar refractivity (Wildman–Crippen MR) is 163 cm³/mol. The molecule has 2 saturated carbocycles. The Morgan fingerprint density at radius 1 is 0.700 bits per heavy atom. The van der Waals surface area contributed by atoms with Crippen LogP contribution < -0.4 is 0 Å². The number of ether oxygens (including phenoxy) is 6. The minimum Gasteiger partial charge on any atom is -0.394 e. The van der Waals surface area contributed by atoms with Crippen LogP contribution >= 0.6 is 24.4 Å². The summed E-state index contributed by atoms with van der Waals surface area (Å²) in [6.45, 7) is 7.38. The number of aliphatic hydroxyl groups excluding tert-OH is 4. The smallest absolute Gasteiger partial charge is 0.104 e. The summed E-state index contributed by atoms with van der Waals surface area (Å²) in [5, 5.41) is 36.2. The molecule has 0 aliphatic heterocycles. The zero-order valence-corrected chi connectivity index (χ0v) is 26.0. The van der Waals surface area contributed by atoms with Crippen LogP contribution in [0.5, 0.6) is 0 Å². The van der Waals surface area contributed by atoms with Crippen LogP contribution in [0.3, 0.4) is 0 Å². The van der Waals surface area contributed by atoms with Crippen LogP contribution in [0.25, 0.3) is 0 Å². The summed E-state index contributed by atoms with van der Waals surface area (Å²) in [6, 6.07) is 0. The fourth-order valence-corrected chi connectivity index (χ4v) is 4.77. The van der Waals surface area contributed by atoms with Gasteiger partial charge < -0.3 is 48.8 Å². The van der Waals surface area contributed by atoms with Crippen molar-refractivity contribution in [2.45, 2.75) is 67.7 Å². The molecule has 12 heteroatoms. The van der Waals surface area contributed by atoms with Gasteiger partial charge >= 0.3 is 0 Å². The van der Waals surface area contributed by atoms with Crippen molar-refractivity contribution in [3.8, 4) is 0 Å². The van der Waals surface area contributed by atoms with Gasteiger partial charge in [-0.05, 0) is 37.9 Å². The highest BCUT2D eigenvalue weighted by molar-refractivity contribution is 7.99. The molecule has 10 nitrogen and oxygen atoms in total. The molecular weight excluding hydrogens is 560 g/mol. The summed E-state index contributed by atoms with van der Waals surface area (Å²) in [5.74, 6) is 1.16. The first-order valence-electron chi connectivity index (χ1n) is 14.5. The summed E-state index contributed by atoms with van der Waals surface area (Å²) in [4.78, 5) is 0. The average Bonchev–Trinajstić information content (AvgIpc) is 2.92. The van der Waals surface area contributed by atoms with Crippen LogP contribution in [0.1, 0.15) is 44.9 Å². The van der Waals surface area contributed by atoms with Gasteiger partial charge in [0.05, 0.1) is 85.9 Å². The Morgan fingerprint density at radius 3 is 1.52 bits per heavy atom. The maximum atomic E-state index is 8.76. The third kappa shape index (κ3) is 26.9. The Balaban J connectivity index is 0.000000664. The number of rotatable bonds is 25. The summed E-state index contributed by atoms with van der Waals surface area (Å²) < 4.78 is 31.8. The quantitative estimate of drug-likeness (QED) is 0.0586. The molecule has 0 bridgehead atoms. The molecule has 2 fully saturated rings. The fourth-order valence-electron chi connectivity index (χ4n) is 3.12.